The highest BCUT2D eigenvalue weighted by molar-refractivity contribution is 5.95. The molecule has 1 heterocycles. The van der Waals surface area contributed by atoms with E-state index in [0.717, 1.165) is 72.3 Å². The third-order valence-electron chi connectivity index (χ3n) is 9.98. The highest BCUT2D eigenvalue weighted by Crippen LogP contribution is 2.42. The van der Waals surface area contributed by atoms with Crippen LogP contribution >= 0.6 is 0 Å². The van der Waals surface area contributed by atoms with Gasteiger partial charge in [-0.05, 0) is 86.0 Å². The molecule has 8 aromatic carbocycles. The third kappa shape index (κ3) is 7.01. The van der Waals surface area contributed by atoms with Gasteiger partial charge in [0.25, 0.3) is 0 Å². The second-order valence-electron chi connectivity index (χ2n) is 13.6. The zero-order valence-electron chi connectivity index (χ0n) is 30.4. The largest absolute Gasteiger partial charge is 0.208 e. The first-order chi connectivity index (χ1) is 27.7. The van der Waals surface area contributed by atoms with Crippen LogP contribution in [0.4, 0.5) is 0 Å². The van der Waals surface area contributed by atoms with Crippen molar-refractivity contribution in [2.45, 2.75) is 0 Å². The Morgan fingerprint density at radius 2 is 0.625 bits per heavy atom. The zero-order valence-corrected chi connectivity index (χ0v) is 30.4. The second-order valence-corrected chi connectivity index (χ2v) is 13.6. The molecule has 9 aromatic rings. The SMILES string of the molecule is N#Cc1cccc(-c2cc(-c3ccccc3)c(-c3ccc(-c4nc(-c5ccccc5)nc(-c5cccc(-c6ccccc6)c5)n4)cc3)cc2-c2ccccc2)c1. The Labute approximate surface area is 326 Å². The Morgan fingerprint density at radius 3 is 1.16 bits per heavy atom. The first-order valence-electron chi connectivity index (χ1n) is 18.6. The first kappa shape index (κ1) is 34.1. The Kier molecular flexibility index (Phi) is 9.31. The van der Waals surface area contributed by atoms with Crippen LogP contribution in [0, 0.1) is 11.3 Å². The van der Waals surface area contributed by atoms with Crippen molar-refractivity contribution in [2.24, 2.45) is 0 Å². The lowest BCUT2D eigenvalue weighted by molar-refractivity contribution is 1.07. The number of nitrogens with zero attached hydrogens (tertiary/aromatic N) is 4. The molecular formula is C52H34N4. The second kappa shape index (κ2) is 15.3. The van der Waals surface area contributed by atoms with Crippen molar-refractivity contribution in [1.29, 1.82) is 5.26 Å². The number of hydrogen-bond acceptors (Lipinski definition) is 4. The molecule has 4 heteroatoms. The van der Waals surface area contributed by atoms with E-state index in [0.29, 0.717) is 23.0 Å². The van der Waals surface area contributed by atoms with Gasteiger partial charge in [-0.2, -0.15) is 5.26 Å². The summed E-state index contributed by atoms with van der Waals surface area (Å²) in [6, 6.07) is 72.9. The maximum atomic E-state index is 9.76. The van der Waals surface area contributed by atoms with Gasteiger partial charge in [0.05, 0.1) is 11.6 Å². The predicted octanol–water partition coefficient (Wildman–Crippen LogP) is 13.1. The molecule has 262 valence electrons. The molecule has 0 unspecified atom stereocenters. The summed E-state index contributed by atoms with van der Waals surface area (Å²) in [5, 5.41) is 9.76. The molecule has 56 heavy (non-hydrogen) atoms. The lowest BCUT2D eigenvalue weighted by Crippen LogP contribution is -2.00. The molecule has 0 spiro atoms. The molecule has 0 radical (unpaired) electrons. The Balaban J connectivity index is 1.18. The standard InChI is InChI=1S/C52H34N4/c53-35-36-15-13-25-44(31-36)49-34-46(38-18-7-2-8-19-38)48(33-47(49)39-20-9-3-10-21-39)40-27-29-42(30-28-40)51-54-50(41-22-11-4-12-23-41)55-52(56-51)45-26-14-24-43(32-45)37-16-5-1-6-17-37/h1-34H. The Morgan fingerprint density at radius 1 is 0.268 bits per heavy atom. The third-order valence-corrected chi connectivity index (χ3v) is 9.98. The van der Waals surface area contributed by atoms with Crippen molar-refractivity contribution in [3.05, 3.63) is 212 Å². The fourth-order valence-corrected chi connectivity index (χ4v) is 7.16. The van der Waals surface area contributed by atoms with Crippen molar-refractivity contribution in [1.82, 2.24) is 15.0 Å². The van der Waals surface area contributed by atoms with Crippen molar-refractivity contribution < 1.29 is 0 Å². The van der Waals surface area contributed by atoms with Crippen LogP contribution in [0.1, 0.15) is 5.56 Å². The average Bonchev–Trinajstić information content (AvgIpc) is 3.29. The van der Waals surface area contributed by atoms with Gasteiger partial charge in [0.2, 0.25) is 0 Å². The minimum Gasteiger partial charge on any atom is -0.208 e. The minimum atomic E-state index is 0.603. The van der Waals surface area contributed by atoms with E-state index in [4.69, 9.17) is 15.0 Å². The van der Waals surface area contributed by atoms with Gasteiger partial charge in [-0.1, -0.05) is 176 Å². The van der Waals surface area contributed by atoms with Crippen molar-refractivity contribution in [2.75, 3.05) is 0 Å². The first-order valence-corrected chi connectivity index (χ1v) is 18.6. The molecule has 0 N–H and O–H groups in total. The smallest absolute Gasteiger partial charge is 0.164 e. The zero-order chi connectivity index (χ0) is 37.7. The van der Waals surface area contributed by atoms with E-state index in [2.05, 4.69) is 146 Å². The van der Waals surface area contributed by atoms with Crippen LogP contribution in [0.25, 0.3) is 89.8 Å². The van der Waals surface area contributed by atoms with Gasteiger partial charge in [-0.25, -0.2) is 15.0 Å². The normalized spacial score (nSPS) is 10.8. The topological polar surface area (TPSA) is 62.5 Å². The number of rotatable bonds is 8. The van der Waals surface area contributed by atoms with Gasteiger partial charge in [0.1, 0.15) is 0 Å². The maximum absolute atomic E-state index is 9.76. The van der Waals surface area contributed by atoms with Gasteiger partial charge in [-0.3, -0.25) is 0 Å². The summed E-state index contributed by atoms with van der Waals surface area (Å²) < 4.78 is 0. The van der Waals surface area contributed by atoms with Crippen molar-refractivity contribution in [3.8, 4) is 95.9 Å². The molecule has 0 aliphatic heterocycles. The fraction of sp³-hybridized carbons (Fsp3) is 0. The maximum Gasteiger partial charge on any atom is 0.164 e. The molecule has 0 atom stereocenters. The molecule has 0 saturated heterocycles. The monoisotopic (exact) mass is 714 g/mol. The van der Waals surface area contributed by atoms with Crippen LogP contribution in [0.5, 0.6) is 0 Å². The van der Waals surface area contributed by atoms with Gasteiger partial charge in [0.15, 0.2) is 17.5 Å². The molecule has 4 nitrogen and oxygen atoms in total. The van der Waals surface area contributed by atoms with Crippen LogP contribution in [0.15, 0.2) is 206 Å². The van der Waals surface area contributed by atoms with Gasteiger partial charge in [0, 0.05) is 16.7 Å². The molecule has 0 bridgehead atoms. The van der Waals surface area contributed by atoms with Crippen LogP contribution in [0.2, 0.25) is 0 Å². The van der Waals surface area contributed by atoms with E-state index in [1.54, 1.807) is 0 Å². The summed E-state index contributed by atoms with van der Waals surface area (Å²) in [6.45, 7) is 0. The number of benzene rings is 8. The van der Waals surface area contributed by atoms with Crippen LogP contribution < -0.4 is 0 Å². The van der Waals surface area contributed by atoms with Gasteiger partial charge >= 0.3 is 0 Å². The molecule has 0 aliphatic rings. The number of aromatic nitrogens is 3. The summed E-state index contributed by atoms with van der Waals surface area (Å²) >= 11 is 0. The molecule has 0 amide bonds. The molecular weight excluding hydrogens is 681 g/mol. The van der Waals surface area contributed by atoms with Crippen LogP contribution in [-0.2, 0) is 0 Å². The van der Waals surface area contributed by atoms with E-state index >= 15 is 0 Å². The summed E-state index contributed by atoms with van der Waals surface area (Å²) in [6.07, 6.45) is 0. The van der Waals surface area contributed by atoms with E-state index in [9.17, 15) is 5.26 Å². The highest BCUT2D eigenvalue weighted by atomic mass is 15.0. The number of hydrogen-bond donors (Lipinski definition) is 0. The van der Waals surface area contributed by atoms with E-state index in [1.807, 2.05) is 66.7 Å². The fourth-order valence-electron chi connectivity index (χ4n) is 7.16. The van der Waals surface area contributed by atoms with Crippen LogP contribution in [0.3, 0.4) is 0 Å². The molecule has 9 rings (SSSR count). The van der Waals surface area contributed by atoms with Crippen molar-refractivity contribution >= 4 is 0 Å². The summed E-state index contributed by atoms with van der Waals surface area (Å²) in [4.78, 5) is 15.1. The molecule has 0 aliphatic carbocycles. The predicted molar refractivity (Wildman–Crippen MR) is 228 cm³/mol. The highest BCUT2D eigenvalue weighted by Gasteiger charge is 2.18. The van der Waals surface area contributed by atoms with E-state index < -0.39 is 0 Å². The summed E-state index contributed by atoms with van der Waals surface area (Å²) in [5.41, 5.74) is 14.2. The Bertz CT molecular complexity index is 2830. The molecule has 1 aromatic heterocycles. The van der Waals surface area contributed by atoms with Crippen molar-refractivity contribution in [3.63, 3.8) is 0 Å². The average molecular weight is 715 g/mol. The molecule has 0 saturated carbocycles. The number of nitriles is 1. The van der Waals surface area contributed by atoms with Gasteiger partial charge in [-0.15, -0.1) is 0 Å². The summed E-state index contributed by atoms with van der Waals surface area (Å²) in [7, 11) is 0. The minimum absolute atomic E-state index is 0.603. The summed E-state index contributed by atoms with van der Waals surface area (Å²) in [5.74, 6) is 1.84. The van der Waals surface area contributed by atoms with E-state index in [1.165, 1.54) is 0 Å². The van der Waals surface area contributed by atoms with Crippen LogP contribution in [-0.4, -0.2) is 15.0 Å². The Hall–Kier alpha value is -7.74. The van der Waals surface area contributed by atoms with Gasteiger partial charge < -0.3 is 0 Å². The lowest BCUT2D eigenvalue weighted by atomic mass is 9.85. The van der Waals surface area contributed by atoms with E-state index in [-0.39, 0.29) is 0 Å². The lowest BCUT2D eigenvalue weighted by Gasteiger charge is -2.18. The molecule has 0 fully saturated rings. The quantitative estimate of drug-likeness (QED) is 0.157.